The fourth-order valence-corrected chi connectivity index (χ4v) is 0. The minimum Gasteiger partial charge on any atom is -0.857 e. The van der Waals surface area contributed by atoms with Crippen molar-refractivity contribution in [2.24, 2.45) is 0 Å². The largest absolute Gasteiger partial charge is 1.00 e. The van der Waals surface area contributed by atoms with Crippen LogP contribution in [0.15, 0.2) is 0 Å². The van der Waals surface area contributed by atoms with Gasteiger partial charge in [0, 0.05) is 11.8 Å². The summed E-state index contributed by atoms with van der Waals surface area (Å²) in [4.78, 5) is 0. The molecule has 0 rings (SSSR count). The van der Waals surface area contributed by atoms with Gasteiger partial charge in [-0.2, -0.15) is 7.11 Å². The van der Waals surface area contributed by atoms with Crippen LogP contribution in [-0.2, 0) is 0 Å². The number of hydrogen-bond donors (Lipinski definition) is 0. The Bertz CT molecular complexity index is 14.9. The molecule has 0 aliphatic carbocycles. The van der Waals surface area contributed by atoms with Gasteiger partial charge in [-0.1, -0.05) is 0 Å². The molecule has 0 spiro atoms. The number of hydrogen-bond acceptors (Lipinski definition) is 1. The van der Waals surface area contributed by atoms with E-state index in [1.54, 1.807) is 0 Å². The Balaban J connectivity index is -0.0000000480. The molecule has 0 aromatic rings. The van der Waals surface area contributed by atoms with Gasteiger partial charge in [0.15, 0.2) is 0 Å². The summed E-state index contributed by atoms with van der Waals surface area (Å²) < 4.78 is 0. The maximum Gasteiger partial charge on any atom is 1.00 e. The third-order valence-electron chi connectivity index (χ3n) is 0.0714. The van der Waals surface area contributed by atoms with Gasteiger partial charge in [-0.25, -0.2) is 0 Å². The predicted octanol–water partition coefficient (Wildman–Crippen LogP) is -2.56. The molecule has 0 bridgehead atoms. The monoisotopic (exact) mass is 152 g/mol. The fourth-order valence-electron chi connectivity index (χ4n) is 0. The number of alkyl halides is 2. The van der Waals surface area contributed by atoms with Gasteiger partial charge in [0.1, 0.15) is 0 Å². The fraction of sp³-hybridized carbons (Fsp3) is 1.00. The average Bonchev–Trinajstić information content (AvgIpc) is 1.72. The first-order chi connectivity index (χ1) is 2.91. The summed E-state index contributed by atoms with van der Waals surface area (Å²) in [6.45, 7) is 0. The quantitative estimate of drug-likeness (QED) is 0.300. The van der Waals surface area contributed by atoms with Gasteiger partial charge in [-0.3, -0.25) is 0 Å². The van der Waals surface area contributed by atoms with Gasteiger partial charge in [0.05, 0.1) is 0 Å². The molecule has 0 amide bonds. The average molecular weight is 153 g/mol. The van der Waals surface area contributed by atoms with Gasteiger partial charge >= 0.3 is 29.6 Å². The molecule has 0 heterocycles. The van der Waals surface area contributed by atoms with Crippen LogP contribution in [0.4, 0.5) is 0 Å². The smallest absolute Gasteiger partial charge is 0.857 e. The van der Waals surface area contributed by atoms with Crippen LogP contribution in [0.5, 0.6) is 0 Å². The van der Waals surface area contributed by atoms with Crippen LogP contribution in [0, 0.1) is 0 Å². The van der Waals surface area contributed by atoms with Crippen molar-refractivity contribution in [2.75, 3.05) is 18.9 Å². The Morgan fingerprint density at radius 2 is 1.29 bits per heavy atom. The van der Waals surface area contributed by atoms with Crippen molar-refractivity contribution in [3.05, 3.63) is 0 Å². The Morgan fingerprint density at radius 1 is 1.14 bits per heavy atom. The van der Waals surface area contributed by atoms with Crippen LogP contribution in [0.25, 0.3) is 0 Å². The third kappa shape index (κ3) is 35.9. The molecule has 0 unspecified atom stereocenters. The van der Waals surface area contributed by atoms with E-state index in [1.807, 2.05) is 0 Å². The summed E-state index contributed by atoms with van der Waals surface area (Å²) in [6.07, 6.45) is 0. The van der Waals surface area contributed by atoms with Crippen LogP contribution in [0.3, 0.4) is 0 Å². The van der Waals surface area contributed by atoms with E-state index in [4.69, 9.17) is 28.3 Å². The first-order valence-corrected chi connectivity index (χ1v) is 2.51. The van der Waals surface area contributed by atoms with Crippen molar-refractivity contribution in [3.8, 4) is 0 Å². The van der Waals surface area contributed by atoms with Gasteiger partial charge in [0.25, 0.3) is 0 Å². The maximum atomic E-state index is 8.25. The molecule has 0 aliphatic heterocycles. The van der Waals surface area contributed by atoms with Crippen molar-refractivity contribution in [2.45, 2.75) is 0 Å². The molecule has 4 heteroatoms. The maximum absolute atomic E-state index is 8.25. The van der Waals surface area contributed by atoms with E-state index in [0.717, 1.165) is 7.11 Å². The van der Waals surface area contributed by atoms with Crippen LogP contribution in [0.2, 0.25) is 0 Å². The normalized spacial score (nSPS) is 5.14. The Morgan fingerprint density at radius 3 is 1.29 bits per heavy atom. The van der Waals surface area contributed by atoms with E-state index in [0.29, 0.717) is 11.8 Å². The molecule has 0 atom stereocenters. The molecule has 0 saturated carbocycles. The van der Waals surface area contributed by atoms with Crippen molar-refractivity contribution >= 4 is 23.2 Å². The van der Waals surface area contributed by atoms with Gasteiger partial charge < -0.3 is 5.11 Å². The zero-order valence-electron chi connectivity index (χ0n) is 4.58. The predicted molar refractivity (Wildman–Crippen MR) is 27.4 cm³/mol. The Hall–Kier alpha value is 1.54. The number of halogens is 2. The molecule has 7 heavy (non-hydrogen) atoms. The van der Waals surface area contributed by atoms with E-state index >= 15 is 0 Å². The summed E-state index contributed by atoms with van der Waals surface area (Å²) in [5, 5.41) is 8.25. The van der Waals surface area contributed by atoms with Gasteiger partial charge in [-0.05, 0) is 0 Å². The van der Waals surface area contributed by atoms with Crippen molar-refractivity contribution in [1.29, 1.82) is 0 Å². The Labute approximate surface area is 76.3 Å². The summed E-state index contributed by atoms with van der Waals surface area (Å²) in [5.41, 5.74) is 0. The van der Waals surface area contributed by atoms with Gasteiger partial charge in [0.2, 0.25) is 0 Å². The van der Waals surface area contributed by atoms with E-state index in [-0.39, 0.29) is 29.6 Å². The summed E-state index contributed by atoms with van der Waals surface area (Å²) >= 11 is 10.1. The molecule has 0 aliphatic rings. The first kappa shape index (κ1) is 15.8. The topological polar surface area (TPSA) is 23.1 Å². The zero-order valence-corrected chi connectivity index (χ0v) is 8.09. The zero-order chi connectivity index (χ0) is 5.41. The molecule has 0 aromatic carbocycles. The van der Waals surface area contributed by atoms with Crippen LogP contribution in [0.1, 0.15) is 0 Å². The van der Waals surface area contributed by atoms with E-state index in [1.165, 1.54) is 0 Å². The third-order valence-corrected chi connectivity index (χ3v) is 0.643. The molecular formula is C3H7Cl2NaO. The summed E-state index contributed by atoms with van der Waals surface area (Å²) in [7, 11) is 0.750. The standard InChI is InChI=1S/C2H4Cl2.CH3O.Na/c3-1-2-4;1-2;/h1-2H2;1H3;/q;-1;+1. The van der Waals surface area contributed by atoms with E-state index in [2.05, 4.69) is 0 Å². The van der Waals surface area contributed by atoms with Gasteiger partial charge in [-0.15, -0.1) is 23.2 Å². The molecule has 0 N–H and O–H groups in total. The second-order valence-corrected chi connectivity index (χ2v) is 1.13. The first-order valence-electron chi connectivity index (χ1n) is 1.44. The van der Waals surface area contributed by atoms with E-state index < -0.39 is 0 Å². The minimum absolute atomic E-state index is 0. The summed E-state index contributed by atoms with van der Waals surface area (Å²) in [6, 6.07) is 0. The van der Waals surface area contributed by atoms with Crippen molar-refractivity contribution < 1.29 is 34.7 Å². The molecule has 0 aromatic heterocycles. The summed E-state index contributed by atoms with van der Waals surface area (Å²) in [5.74, 6) is 1.11. The molecule has 0 saturated heterocycles. The Kier molecular flexibility index (Phi) is 58.2. The van der Waals surface area contributed by atoms with E-state index in [9.17, 15) is 0 Å². The van der Waals surface area contributed by atoms with Crippen LogP contribution in [-0.4, -0.2) is 18.9 Å². The SMILES string of the molecule is C[O-].ClCCCl.[Na+]. The minimum atomic E-state index is 0. The molecular weight excluding hydrogens is 146 g/mol. The van der Waals surface area contributed by atoms with Crippen LogP contribution < -0.4 is 34.7 Å². The molecule has 40 valence electrons. The second kappa shape index (κ2) is 25.7. The van der Waals surface area contributed by atoms with Crippen molar-refractivity contribution in [3.63, 3.8) is 0 Å². The molecule has 0 fully saturated rings. The number of rotatable bonds is 1. The van der Waals surface area contributed by atoms with Crippen molar-refractivity contribution in [1.82, 2.24) is 0 Å². The molecule has 1 nitrogen and oxygen atoms in total. The molecule has 0 radical (unpaired) electrons. The second-order valence-electron chi connectivity index (χ2n) is 0.378. The van der Waals surface area contributed by atoms with Crippen LogP contribution >= 0.6 is 23.2 Å².